The summed E-state index contributed by atoms with van der Waals surface area (Å²) >= 11 is 1.42. The van der Waals surface area contributed by atoms with Crippen LogP contribution < -0.4 is 10.6 Å². The fourth-order valence-electron chi connectivity index (χ4n) is 2.44. The van der Waals surface area contributed by atoms with Crippen LogP contribution in [-0.4, -0.2) is 16.8 Å². The summed E-state index contributed by atoms with van der Waals surface area (Å²) in [5.41, 5.74) is 2.41. The first kappa shape index (κ1) is 19.0. The van der Waals surface area contributed by atoms with Gasteiger partial charge in [0.25, 0.3) is 0 Å². The number of aromatic nitrogens is 1. The number of nitrogens with one attached hydrogen (secondary N) is 2. The molecule has 0 atom stereocenters. The number of anilines is 2. The molecule has 5 nitrogen and oxygen atoms in total. The predicted octanol–water partition coefficient (Wildman–Crippen LogP) is 4.60. The largest absolute Gasteiger partial charge is 0.326 e. The molecule has 0 saturated carbocycles. The van der Waals surface area contributed by atoms with Gasteiger partial charge in [0.05, 0.1) is 10.2 Å². The van der Waals surface area contributed by atoms with Crippen LogP contribution in [0.5, 0.6) is 0 Å². The summed E-state index contributed by atoms with van der Waals surface area (Å²) in [4.78, 5) is 28.3. The van der Waals surface area contributed by atoms with E-state index in [9.17, 15) is 14.0 Å². The van der Waals surface area contributed by atoms with E-state index < -0.39 is 0 Å². The monoisotopic (exact) mass is 385 g/mol. The minimum Gasteiger partial charge on any atom is -0.326 e. The van der Waals surface area contributed by atoms with Crippen LogP contribution in [0.2, 0.25) is 0 Å². The number of benzene rings is 2. The molecule has 1 heterocycles. The Balaban J connectivity index is 1.60. The van der Waals surface area contributed by atoms with Crippen molar-refractivity contribution in [1.29, 1.82) is 0 Å². The van der Waals surface area contributed by atoms with Gasteiger partial charge >= 0.3 is 0 Å². The second-order valence-corrected chi connectivity index (χ2v) is 7.55. The molecule has 2 N–H and O–H groups in total. The van der Waals surface area contributed by atoms with Gasteiger partial charge in [-0.2, -0.15) is 0 Å². The highest BCUT2D eigenvalue weighted by atomic mass is 32.1. The number of hydrogen-bond acceptors (Lipinski definition) is 4. The summed E-state index contributed by atoms with van der Waals surface area (Å²) in [6.07, 6.45) is 0.896. The summed E-state index contributed by atoms with van der Waals surface area (Å²) in [6.45, 7) is 3.66. The Bertz CT molecular complexity index is 967. The molecular formula is C20H20FN3O2S. The lowest BCUT2D eigenvalue weighted by molar-refractivity contribution is -0.119. The molecule has 140 valence electrons. The maximum atomic E-state index is 12.9. The van der Waals surface area contributed by atoms with Gasteiger partial charge in [-0.1, -0.05) is 31.3 Å². The number of aryl methyl sites for hydroxylation is 1. The van der Waals surface area contributed by atoms with E-state index in [2.05, 4.69) is 15.6 Å². The molecule has 0 unspecified atom stereocenters. The van der Waals surface area contributed by atoms with Crippen molar-refractivity contribution in [3.63, 3.8) is 0 Å². The molecule has 1 aromatic heterocycles. The van der Waals surface area contributed by atoms with Gasteiger partial charge in [-0.25, -0.2) is 9.37 Å². The molecule has 0 aliphatic rings. The Labute approximate surface area is 160 Å². The Morgan fingerprint density at radius 3 is 2.56 bits per heavy atom. The van der Waals surface area contributed by atoms with Crippen molar-refractivity contribution in [2.45, 2.75) is 26.7 Å². The average molecular weight is 385 g/mol. The lowest BCUT2D eigenvalue weighted by Crippen LogP contribution is -2.17. The predicted molar refractivity (Wildman–Crippen MR) is 106 cm³/mol. The first-order valence-corrected chi connectivity index (χ1v) is 9.48. The number of nitrogens with zero attached hydrogens (tertiary/aromatic N) is 1. The number of thiazole rings is 1. The van der Waals surface area contributed by atoms with Gasteiger partial charge in [-0.05, 0) is 48.4 Å². The van der Waals surface area contributed by atoms with Crippen LogP contribution >= 0.6 is 11.3 Å². The van der Waals surface area contributed by atoms with Crippen molar-refractivity contribution >= 4 is 44.2 Å². The third-order valence-electron chi connectivity index (χ3n) is 3.98. The molecule has 0 fully saturated rings. The lowest BCUT2D eigenvalue weighted by atomic mass is 10.1. The minimum absolute atomic E-state index is 0.0632. The van der Waals surface area contributed by atoms with Crippen LogP contribution in [0.3, 0.4) is 0 Å². The number of fused-ring (bicyclic) bond motifs is 1. The van der Waals surface area contributed by atoms with E-state index in [4.69, 9.17) is 0 Å². The minimum atomic E-state index is -0.338. The van der Waals surface area contributed by atoms with Crippen LogP contribution in [0.25, 0.3) is 10.2 Å². The van der Waals surface area contributed by atoms with Crippen molar-refractivity contribution in [1.82, 2.24) is 4.98 Å². The summed E-state index contributed by atoms with van der Waals surface area (Å²) in [6, 6.07) is 11.5. The molecule has 3 rings (SSSR count). The van der Waals surface area contributed by atoms with Gasteiger partial charge in [-0.15, -0.1) is 0 Å². The van der Waals surface area contributed by atoms with Crippen LogP contribution in [-0.2, 0) is 16.0 Å². The first-order chi connectivity index (χ1) is 12.9. The molecule has 7 heteroatoms. The van der Waals surface area contributed by atoms with Crippen molar-refractivity contribution in [2.75, 3.05) is 10.6 Å². The summed E-state index contributed by atoms with van der Waals surface area (Å²) < 4.78 is 13.9. The molecule has 27 heavy (non-hydrogen) atoms. The molecule has 0 aliphatic heterocycles. The molecule has 0 spiro atoms. The molecule has 0 bridgehead atoms. The van der Waals surface area contributed by atoms with E-state index in [0.29, 0.717) is 23.7 Å². The Hall–Kier alpha value is -2.80. The fourth-order valence-corrected chi connectivity index (χ4v) is 3.37. The first-order valence-electron chi connectivity index (χ1n) is 8.66. The molecule has 3 aromatic rings. The molecule has 0 aliphatic carbocycles. The molecule has 2 aromatic carbocycles. The smallest absolute Gasteiger partial charge is 0.228 e. The van der Waals surface area contributed by atoms with Gasteiger partial charge in [0.1, 0.15) is 5.82 Å². The third kappa shape index (κ3) is 5.10. The van der Waals surface area contributed by atoms with E-state index >= 15 is 0 Å². The van der Waals surface area contributed by atoms with Gasteiger partial charge in [0.2, 0.25) is 11.8 Å². The standard InChI is InChI=1S/C20H20FN3O2S/c1-12(2)19(26)24-20-23-16-9-3-13(11-17(16)27-20)4-10-18(25)22-15-7-5-14(21)6-8-15/h3,5-9,11-12H,4,10H2,1-2H3,(H,22,25)(H,23,24,26). The van der Waals surface area contributed by atoms with E-state index in [-0.39, 0.29) is 23.5 Å². The van der Waals surface area contributed by atoms with E-state index in [0.717, 1.165) is 15.8 Å². The number of rotatable bonds is 6. The second-order valence-electron chi connectivity index (χ2n) is 6.52. The normalized spacial score (nSPS) is 11.0. The quantitative estimate of drug-likeness (QED) is 0.651. The van der Waals surface area contributed by atoms with Gasteiger partial charge in [0, 0.05) is 18.0 Å². The average Bonchev–Trinajstić information content (AvgIpc) is 3.03. The van der Waals surface area contributed by atoms with E-state index in [1.54, 1.807) is 0 Å². The number of halogens is 1. The highest BCUT2D eigenvalue weighted by molar-refractivity contribution is 7.22. The SMILES string of the molecule is CC(C)C(=O)Nc1nc2ccc(CCC(=O)Nc3ccc(F)cc3)cc2s1. The maximum Gasteiger partial charge on any atom is 0.228 e. The Morgan fingerprint density at radius 2 is 1.85 bits per heavy atom. The molecule has 0 saturated heterocycles. The summed E-state index contributed by atoms with van der Waals surface area (Å²) in [5, 5.41) is 6.14. The van der Waals surface area contributed by atoms with Crippen LogP contribution in [0.1, 0.15) is 25.8 Å². The second kappa shape index (κ2) is 8.26. The number of hydrogen-bond donors (Lipinski definition) is 2. The summed E-state index contributed by atoms with van der Waals surface area (Å²) in [7, 11) is 0. The maximum absolute atomic E-state index is 12.9. The van der Waals surface area contributed by atoms with E-state index in [1.165, 1.54) is 35.6 Å². The molecule has 2 amide bonds. The lowest BCUT2D eigenvalue weighted by Gasteiger charge is -2.05. The topological polar surface area (TPSA) is 71.1 Å². The van der Waals surface area contributed by atoms with Crippen molar-refractivity contribution in [2.24, 2.45) is 5.92 Å². The van der Waals surface area contributed by atoms with Crippen molar-refractivity contribution in [3.05, 3.63) is 53.8 Å². The zero-order valence-corrected chi connectivity index (χ0v) is 15.9. The van der Waals surface area contributed by atoms with Gasteiger partial charge < -0.3 is 10.6 Å². The zero-order chi connectivity index (χ0) is 19.4. The highest BCUT2D eigenvalue weighted by Gasteiger charge is 2.11. The summed E-state index contributed by atoms with van der Waals surface area (Å²) in [5.74, 6) is -0.635. The van der Waals surface area contributed by atoms with Crippen LogP contribution in [0.15, 0.2) is 42.5 Å². The van der Waals surface area contributed by atoms with Gasteiger partial charge in [-0.3, -0.25) is 9.59 Å². The number of carbonyl (C=O) groups is 2. The van der Waals surface area contributed by atoms with Crippen molar-refractivity contribution in [3.8, 4) is 0 Å². The van der Waals surface area contributed by atoms with Gasteiger partial charge in [0.15, 0.2) is 5.13 Å². The highest BCUT2D eigenvalue weighted by Crippen LogP contribution is 2.27. The van der Waals surface area contributed by atoms with Crippen LogP contribution in [0, 0.1) is 11.7 Å². The number of carbonyl (C=O) groups excluding carboxylic acids is 2. The molecular weight excluding hydrogens is 365 g/mol. The van der Waals surface area contributed by atoms with Crippen LogP contribution in [0.4, 0.5) is 15.2 Å². The Kier molecular flexibility index (Phi) is 5.81. The zero-order valence-electron chi connectivity index (χ0n) is 15.1. The molecule has 0 radical (unpaired) electrons. The van der Waals surface area contributed by atoms with Crippen molar-refractivity contribution < 1.29 is 14.0 Å². The Morgan fingerprint density at radius 1 is 1.11 bits per heavy atom. The fraction of sp³-hybridized carbons (Fsp3) is 0.250. The number of amides is 2. The third-order valence-corrected chi connectivity index (χ3v) is 4.91. The van der Waals surface area contributed by atoms with E-state index in [1.807, 2.05) is 32.0 Å².